The minimum atomic E-state index is -3.72. The van der Waals surface area contributed by atoms with Crippen LogP contribution in [0.5, 0.6) is 0 Å². The molecule has 0 saturated carbocycles. The molecule has 0 unspecified atom stereocenters. The molecule has 0 spiro atoms. The summed E-state index contributed by atoms with van der Waals surface area (Å²) in [5.74, 6) is -0.759. The van der Waals surface area contributed by atoms with Crippen LogP contribution in [-0.4, -0.2) is 51.9 Å². The molecule has 0 radical (unpaired) electrons. The van der Waals surface area contributed by atoms with Gasteiger partial charge >= 0.3 is 0 Å². The Bertz CT molecular complexity index is 1270. The standard InChI is InChI=1S/C21H23FN6O3S/c1-14-6-7-16(12-20(14)32(30,31)27-10-4-3-5-11-27)21(29)23-19-13-17(8-9-18(19)22)28-15(2)24-25-26-28/h6-9,12-13H,3-5,10-11H2,1-2H3,(H,23,29). The van der Waals surface area contributed by atoms with Gasteiger partial charge in [0.2, 0.25) is 10.0 Å². The van der Waals surface area contributed by atoms with Gasteiger partial charge in [0.05, 0.1) is 16.3 Å². The summed E-state index contributed by atoms with van der Waals surface area (Å²) in [5, 5.41) is 13.7. The Hall–Kier alpha value is -3.18. The lowest BCUT2D eigenvalue weighted by Gasteiger charge is -2.26. The minimum Gasteiger partial charge on any atom is -0.319 e. The molecule has 9 nitrogen and oxygen atoms in total. The summed E-state index contributed by atoms with van der Waals surface area (Å²) >= 11 is 0. The van der Waals surface area contributed by atoms with Crippen LogP contribution in [0.4, 0.5) is 10.1 Å². The number of halogens is 1. The fraction of sp³-hybridized carbons (Fsp3) is 0.333. The molecule has 1 aliphatic heterocycles. The predicted molar refractivity (Wildman–Crippen MR) is 116 cm³/mol. The van der Waals surface area contributed by atoms with Crippen molar-refractivity contribution >= 4 is 21.6 Å². The summed E-state index contributed by atoms with van der Waals surface area (Å²) in [6.07, 6.45) is 2.63. The number of nitrogens with one attached hydrogen (secondary N) is 1. The summed E-state index contributed by atoms with van der Waals surface area (Å²) in [6, 6.07) is 8.56. The Morgan fingerprint density at radius 2 is 1.81 bits per heavy atom. The van der Waals surface area contributed by atoms with Crippen LogP contribution in [0.3, 0.4) is 0 Å². The average Bonchev–Trinajstić information content (AvgIpc) is 3.22. The molecular weight excluding hydrogens is 435 g/mol. The summed E-state index contributed by atoms with van der Waals surface area (Å²) in [4.78, 5) is 13.0. The van der Waals surface area contributed by atoms with E-state index in [4.69, 9.17) is 0 Å². The number of carbonyl (C=O) groups is 1. The molecule has 2 aromatic carbocycles. The van der Waals surface area contributed by atoms with Crippen LogP contribution in [0.2, 0.25) is 0 Å². The smallest absolute Gasteiger partial charge is 0.255 e. The topological polar surface area (TPSA) is 110 Å². The van der Waals surface area contributed by atoms with Gasteiger partial charge in [0, 0.05) is 18.7 Å². The van der Waals surface area contributed by atoms with Crippen LogP contribution in [0.15, 0.2) is 41.3 Å². The van der Waals surface area contributed by atoms with Gasteiger partial charge < -0.3 is 5.32 Å². The molecule has 168 valence electrons. The maximum Gasteiger partial charge on any atom is 0.255 e. The molecule has 0 aliphatic carbocycles. The van der Waals surface area contributed by atoms with E-state index in [0.717, 1.165) is 19.3 Å². The van der Waals surface area contributed by atoms with E-state index in [0.29, 0.717) is 30.2 Å². The van der Waals surface area contributed by atoms with Crippen molar-refractivity contribution in [3.63, 3.8) is 0 Å². The zero-order valence-electron chi connectivity index (χ0n) is 17.7. The number of aryl methyl sites for hydroxylation is 2. The first kappa shape index (κ1) is 22.0. The number of hydrogen-bond acceptors (Lipinski definition) is 6. The van der Waals surface area contributed by atoms with Crippen molar-refractivity contribution in [1.82, 2.24) is 24.5 Å². The monoisotopic (exact) mass is 458 g/mol. The van der Waals surface area contributed by atoms with E-state index in [-0.39, 0.29) is 16.1 Å². The van der Waals surface area contributed by atoms with Crippen LogP contribution in [-0.2, 0) is 10.0 Å². The van der Waals surface area contributed by atoms with Crippen molar-refractivity contribution < 1.29 is 17.6 Å². The van der Waals surface area contributed by atoms with Crippen molar-refractivity contribution in [2.24, 2.45) is 0 Å². The van der Waals surface area contributed by atoms with Gasteiger partial charge in [-0.2, -0.15) is 8.99 Å². The van der Waals surface area contributed by atoms with Gasteiger partial charge in [0.25, 0.3) is 5.91 Å². The molecular formula is C21H23FN6O3S. The van der Waals surface area contributed by atoms with Crippen molar-refractivity contribution in [3.8, 4) is 5.69 Å². The molecule has 1 aliphatic rings. The number of rotatable bonds is 5. The second kappa shape index (κ2) is 8.75. The van der Waals surface area contributed by atoms with Crippen molar-refractivity contribution in [1.29, 1.82) is 0 Å². The quantitative estimate of drug-likeness (QED) is 0.630. The number of aromatic nitrogens is 4. The highest BCUT2D eigenvalue weighted by Gasteiger charge is 2.28. The van der Waals surface area contributed by atoms with Crippen LogP contribution in [0, 0.1) is 19.7 Å². The van der Waals surface area contributed by atoms with Crippen molar-refractivity contribution in [3.05, 3.63) is 59.2 Å². The lowest BCUT2D eigenvalue weighted by molar-refractivity contribution is 0.102. The van der Waals surface area contributed by atoms with Crippen LogP contribution < -0.4 is 5.32 Å². The van der Waals surface area contributed by atoms with E-state index in [9.17, 15) is 17.6 Å². The maximum atomic E-state index is 14.4. The number of sulfonamides is 1. The molecule has 0 atom stereocenters. The molecule has 1 aromatic heterocycles. The molecule has 1 saturated heterocycles. The fourth-order valence-electron chi connectivity index (χ4n) is 3.67. The summed E-state index contributed by atoms with van der Waals surface area (Å²) in [7, 11) is -3.72. The molecule has 1 amide bonds. The molecule has 11 heteroatoms. The third-order valence-corrected chi connectivity index (χ3v) is 7.49. The van der Waals surface area contributed by atoms with E-state index in [2.05, 4.69) is 20.8 Å². The van der Waals surface area contributed by atoms with Gasteiger partial charge in [-0.3, -0.25) is 4.79 Å². The Balaban J connectivity index is 1.62. The Morgan fingerprint density at radius 1 is 1.06 bits per heavy atom. The van der Waals surface area contributed by atoms with Crippen LogP contribution in [0.25, 0.3) is 5.69 Å². The van der Waals surface area contributed by atoms with Gasteiger partial charge in [0.1, 0.15) is 5.82 Å². The first-order chi connectivity index (χ1) is 15.3. The SMILES string of the molecule is Cc1ccc(C(=O)Nc2cc(-n3nnnc3C)ccc2F)cc1S(=O)(=O)N1CCCCC1. The fourth-order valence-corrected chi connectivity index (χ4v) is 5.44. The second-order valence-corrected chi connectivity index (χ2v) is 9.61. The zero-order valence-corrected chi connectivity index (χ0v) is 18.6. The average molecular weight is 459 g/mol. The van der Waals surface area contributed by atoms with Crippen molar-refractivity contribution in [2.45, 2.75) is 38.0 Å². The number of piperidine rings is 1. The molecule has 4 rings (SSSR count). The lowest BCUT2D eigenvalue weighted by Crippen LogP contribution is -2.36. The lowest BCUT2D eigenvalue weighted by atomic mass is 10.1. The van der Waals surface area contributed by atoms with E-state index >= 15 is 0 Å². The first-order valence-electron chi connectivity index (χ1n) is 10.2. The highest BCUT2D eigenvalue weighted by Crippen LogP contribution is 2.25. The van der Waals surface area contributed by atoms with Gasteiger partial charge in [-0.1, -0.05) is 12.5 Å². The first-order valence-corrected chi connectivity index (χ1v) is 11.7. The molecule has 3 aromatic rings. The third-order valence-electron chi connectivity index (χ3n) is 5.45. The molecule has 0 bridgehead atoms. The zero-order chi connectivity index (χ0) is 22.9. The minimum absolute atomic E-state index is 0.0663. The maximum absolute atomic E-state index is 14.4. The van der Waals surface area contributed by atoms with Crippen molar-refractivity contribution in [2.75, 3.05) is 18.4 Å². The van der Waals surface area contributed by atoms with Gasteiger partial charge in [-0.05, 0) is 73.0 Å². The van der Waals surface area contributed by atoms with Gasteiger partial charge in [0.15, 0.2) is 5.82 Å². The van der Waals surface area contributed by atoms with E-state index in [1.807, 2.05) is 0 Å². The van der Waals surface area contributed by atoms with Gasteiger partial charge in [-0.15, -0.1) is 5.10 Å². The number of hydrogen-bond donors (Lipinski definition) is 1. The summed E-state index contributed by atoms with van der Waals surface area (Å²) in [5.41, 5.74) is 1.08. The third kappa shape index (κ3) is 4.26. The van der Waals surface area contributed by atoms with E-state index in [1.165, 1.54) is 39.3 Å². The second-order valence-electron chi connectivity index (χ2n) is 7.70. The summed E-state index contributed by atoms with van der Waals surface area (Å²) < 4.78 is 43.5. The normalized spacial score (nSPS) is 15.0. The van der Waals surface area contributed by atoms with Crippen LogP contribution in [0.1, 0.15) is 41.0 Å². The Kier molecular flexibility index (Phi) is 6.02. The predicted octanol–water partition coefficient (Wildman–Crippen LogP) is 2.85. The number of nitrogens with zero attached hydrogens (tertiary/aromatic N) is 5. The Morgan fingerprint density at radius 3 is 2.50 bits per heavy atom. The number of tetrazole rings is 1. The molecule has 1 N–H and O–H groups in total. The van der Waals surface area contributed by atoms with E-state index < -0.39 is 21.7 Å². The van der Waals surface area contributed by atoms with Crippen LogP contribution >= 0.6 is 0 Å². The van der Waals surface area contributed by atoms with Gasteiger partial charge in [-0.25, -0.2) is 12.8 Å². The number of benzene rings is 2. The number of amides is 1. The molecule has 32 heavy (non-hydrogen) atoms. The Labute approximate surface area is 185 Å². The number of carbonyl (C=O) groups excluding carboxylic acids is 1. The largest absolute Gasteiger partial charge is 0.319 e. The highest BCUT2D eigenvalue weighted by molar-refractivity contribution is 7.89. The number of anilines is 1. The summed E-state index contributed by atoms with van der Waals surface area (Å²) in [6.45, 7) is 4.31. The highest BCUT2D eigenvalue weighted by atomic mass is 32.2. The molecule has 1 fully saturated rings. The molecule has 2 heterocycles. The van der Waals surface area contributed by atoms with E-state index in [1.54, 1.807) is 19.9 Å².